The van der Waals surface area contributed by atoms with Crippen LogP contribution in [0.5, 0.6) is 0 Å². The normalized spacial score (nSPS) is 29.2. The Balaban J connectivity index is 2.58. The Hall–Kier alpha value is -0.120. The average molecular weight is 256 g/mol. The molecule has 1 rings (SSSR count). The van der Waals surface area contributed by atoms with E-state index in [1.54, 1.807) is 0 Å². The van der Waals surface area contributed by atoms with Crippen molar-refractivity contribution < 1.29 is 4.74 Å². The van der Waals surface area contributed by atoms with E-state index in [-0.39, 0.29) is 0 Å². The molecule has 1 heterocycles. The molecule has 3 nitrogen and oxygen atoms in total. The fourth-order valence-corrected chi connectivity index (χ4v) is 2.76. The second kappa shape index (κ2) is 8.13. The van der Waals surface area contributed by atoms with E-state index in [1.165, 1.54) is 12.8 Å². The highest BCUT2D eigenvalue weighted by atomic mass is 16.5. The number of hydrogen-bond acceptors (Lipinski definition) is 3. The standard InChI is InChI=1S/C15H32N2O/c1-6-12(4)15(16-8-3)10-17-9-13(5)18-11-14(17)7-2/h12-16H,6-11H2,1-5H3. The van der Waals surface area contributed by atoms with Crippen LogP contribution in [0.25, 0.3) is 0 Å². The minimum atomic E-state index is 0.381. The van der Waals surface area contributed by atoms with Crippen LogP contribution in [0.2, 0.25) is 0 Å². The van der Waals surface area contributed by atoms with Gasteiger partial charge in [-0.3, -0.25) is 4.90 Å². The lowest BCUT2D eigenvalue weighted by molar-refractivity contribution is -0.0601. The largest absolute Gasteiger partial charge is 0.376 e. The summed E-state index contributed by atoms with van der Waals surface area (Å²) >= 11 is 0. The van der Waals surface area contributed by atoms with Crippen LogP contribution in [0.1, 0.15) is 47.5 Å². The van der Waals surface area contributed by atoms with Crippen molar-refractivity contribution in [3.63, 3.8) is 0 Å². The number of likely N-dealkylation sites (N-methyl/N-ethyl adjacent to an activating group) is 1. The van der Waals surface area contributed by atoms with Gasteiger partial charge >= 0.3 is 0 Å². The number of hydrogen-bond donors (Lipinski definition) is 1. The molecule has 0 bridgehead atoms. The van der Waals surface area contributed by atoms with Crippen molar-refractivity contribution in [1.82, 2.24) is 10.2 Å². The zero-order chi connectivity index (χ0) is 13.5. The third kappa shape index (κ3) is 4.52. The van der Waals surface area contributed by atoms with Crippen LogP contribution in [0.3, 0.4) is 0 Å². The zero-order valence-corrected chi connectivity index (χ0v) is 12.9. The molecular weight excluding hydrogens is 224 g/mol. The summed E-state index contributed by atoms with van der Waals surface area (Å²) in [5, 5.41) is 3.66. The minimum Gasteiger partial charge on any atom is -0.376 e. The second-order valence-corrected chi connectivity index (χ2v) is 5.71. The van der Waals surface area contributed by atoms with Crippen LogP contribution in [-0.2, 0) is 4.74 Å². The Labute approximate surface area is 113 Å². The van der Waals surface area contributed by atoms with Crippen LogP contribution in [0, 0.1) is 5.92 Å². The van der Waals surface area contributed by atoms with Crippen molar-refractivity contribution in [3.8, 4) is 0 Å². The fourth-order valence-electron chi connectivity index (χ4n) is 2.76. The summed E-state index contributed by atoms with van der Waals surface area (Å²) in [6.07, 6.45) is 2.81. The highest BCUT2D eigenvalue weighted by molar-refractivity contribution is 4.83. The topological polar surface area (TPSA) is 24.5 Å². The molecule has 0 spiro atoms. The average Bonchev–Trinajstić information content (AvgIpc) is 2.37. The van der Waals surface area contributed by atoms with Gasteiger partial charge < -0.3 is 10.1 Å². The summed E-state index contributed by atoms with van der Waals surface area (Å²) in [6.45, 7) is 15.5. The first-order chi connectivity index (χ1) is 8.62. The summed E-state index contributed by atoms with van der Waals surface area (Å²) in [6, 6.07) is 1.21. The van der Waals surface area contributed by atoms with E-state index < -0.39 is 0 Å². The van der Waals surface area contributed by atoms with Gasteiger partial charge in [0.2, 0.25) is 0 Å². The summed E-state index contributed by atoms with van der Waals surface area (Å²) in [5.74, 6) is 0.737. The molecule has 0 aliphatic carbocycles. The van der Waals surface area contributed by atoms with Gasteiger partial charge in [0, 0.05) is 25.2 Å². The van der Waals surface area contributed by atoms with Crippen molar-refractivity contribution in [2.45, 2.75) is 65.6 Å². The molecule has 108 valence electrons. The summed E-state index contributed by atoms with van der Waals surface area (Å²) in [7, 11) is 0. The minimum absolute atomic E-state index is 0.381. The van der Waals surface area contributed by atoms with Gasteiger partial charge in [0.1, 0.15) is 0 Å². The highest BCUT2D eigenvalue weighted by Crippen LogP contribution is 2.17. The van der Waals surface area contributed by atoms with E-state index in [2.05, 4.69) is 44.8 Å². The third-order valence-electron chi connectivity index (χ3n) is 4.28. The van der Waals surface area contributed by atoms with Gasteiger partial charge in [-0.1, -0.05) is 34.1 Å². The Morgan fingerprint density at radius 1 is 1.33 bits per heavy atom. The van der Waals surface area contributed by atoms with E-state index in [0.717, 1.165) is 32.2 Å². The molecule has 0 amide bonds. The van der Waals surface area contributed by atoms with Gasteiger partial charge in [-0.25, -0.2) is 0 Å². The van der Waals surface area contributed by atoms with E-state index in [9.17, 15) is 0 Å². The van der Waals surface area contributed by atoms with Crippen LogP contribution >= 0.6 is 0 Å². The molecule has 0 aromatic heterocycles. The number of nitrogens with one attached hydrogen (secondary N) is 1. The highest BCUT2D eigenvalue weighted by Gasteiger charge is 2.28. The van der Waals surface area contributed by atoms with Crippen molar-refractivity contribution in [2.75, 3.05) is 26.2 Å². The first kappa shape index (κ1) is 15.9. The van der Waals surface area contributed by atoms with Crippen LogP contribution < -0.4 is 5.32 Å². The van der Waals surface area contributed by atoms with Gasteiger partial charge in [0.05, 0.1) is 12.7 Å². The number of ether oxygens (including phenoxy) is 1. The Morgan fingerprint density at radius 2 is 2.06 bits per heavy atom. The molecule has 1 fully saturated rings. The maximum absolute atomic E-state index is 5.78. The zero-order valence-electron chi connectivity index (χ0n) is 12.9. The molecule has 4 unspecified atom stereocenters. The Morgan fingerprint density at radius 3 is 2.61 bits per heavy atom. The summed E-state index contributed by atoms with van der Waals surface area (Å²) in [4.78, 5) is 2.63. The van der Waals surface area contributed by atoms with E-state index in [1.807, 2.05) is 0 Å². The quantitative estimate of drug-likeness (QED) is 0.757. The molecule has 1 N–H and O–H groups in total. The Kier molecular flexibility index (Phi) is 7.20. The maximum Gasteiger partial charge on any atom is 0.0674 e. The SMILES string of the molecule is CCNC(CN1CC(C)OCC1CC)C(C)CC. The van der Waals surface area contributed by atoms with Crippen molar-refractivity contribution in [1.29, 1.82) is 0 Å². The predicted octanol–water partition coefficient (Wildman–Crippen LogP) is 2.51. The van der Waals surface area contributed by atoms with Gasteiger partial charge in [-0.2, -0.15) is 0 Å². The van der Waals surface area contributed by atoms with E-state index >= 15 is 0 Å². The number of morpholine rings is 1. The van der Waals surface area contributed by atoms with Crippen molar-refractivity contribution in [2.24, 2.45) is 5.92 Å². The van der Waals surface area contributed by atoms with Crippen LogP contribution in [0.15, 0.2) is 0 Å². The molecular formula is C15H32N2O. The summed E-state index contributed by atoms with van der Waals surface area (Å²) < 4.78 is 5.78. The van der Waals surface area contributed by atoms with Gasteiger partial charge in [0.15, 0.2) is 0 Å². The van der Waals surface area contributed by atoms with Crippen LogP contribution in [0.4, 0.5) is 0 Å². The van der Waals surface area contributed by atoms with Crippen LogP contribution in [-0.4, -0.2) is 49.3 Å². The molecule has 0 aromatic carbocycles. The molecule has 3 heteroatoms. The van der Waals surface area contributed by atoms with Gasteiger partial charge in [-0.05, 0) is 25.8 Å². The molecule has 1 saturated heterocycles. The first-order valence-corrected chi connectivity index (χ1v) is 7.71. The first-order valence-electron chi connectivity index (χ1n) is 7.71. The third-order valence-corrected chi connectivity index (χ3v) is 4.28. The van der Waals surface area contributed by atoms with Gasteiger partial charge in [0.25, 0.3) is 0 Å². The lowest BCUT2D eigenvalue weighted by Crippen LogP contribution is -2.54. The van der Waals surface area contributed by atoms with E-state index in [0.29, 0.717) is 18.2 Å². The van der Waals surface area contributed by atoms with Crippen molar-refractivity contribution in [3.05, 3.63) is 0 Å². The number of nitrogens with zero attached hydrogens (tertiary/aromatic N) is 1. The van der Waals surface area contributed by atoms with Crippen molar-refractivity contribution >= 4 is 0 Å². The maximum atomic E-state index is 5.78. The molecule has 18 heavy (non-hydrogen) atoms. The van der Waals surface area contributed by atoms with E-state index in [4.69, 9.17) is 4.74 Å². The lowest BCUT2D eigenvalue weighted by atomic mass is 9.97. The molecule has 0 aromatic rings. The molecule has 0 saturated carbocycles. The molecule has 1 aliphatic rings. The smallest absolute Gasteiger partial charge is 0.0674 e. The lowest BCUT2D eigenvalue weighted by Gasteiger charge is -2.41. The monoisotopic (exact) mass is 256 g/mol. The Bertz CT molecular complexity index is 223. The molecule has 0 radical (unpaired) electrons. The number of rotatable bonds is 7. The summed E-state index contributed by atoms with van der Waals surface area (Å²) in [5.41, 5.74) is 0. The second-order valence-electron chi connectivity index (χ2n) is 5.71. The molecule has 1 aliphatic heterocycles. The fraction of sp³-hybridized carbons (Fsp3) is 1.00. The predicted molar refractivity (Wildman–Crippen MR) is 78.0 cm³/mol. The van der Waals surface area contributed by atoms with Gasteiger partial charge in [-0.15, -0.1) is 0 Å². The molecule has 4 atom stereocenters.